The number of imidazole rings is 1. The molecule has 3 aromatic heterocycles. The number of para-hydroxylation sites is 3. The summed E-state index contributed by atoms with van der Waals surface area (Å²) in [6, 6.07) is 53.1. The molecule has 5 nitrogen and oxygen atoms in total. The van der Waals surface area contributed by atoms with E-state index in [-0.39, 0.29) is 59.8 Å². The van der Waals surface area contributed by atoms with Crippen LogP contribution in [-0.4, -0.2) is 14.1 Å². The van der Waals surface area contributed by atoms with Gasteiger partial charge in [-0.3, -0.25) is 4.57 Å². The molecule has 0 saturated carbocycles. The van der Waals surface area contributed by atoms with Crippen LogP contribution in [0.1, 0.15) is 65.0 Å². The Morgan fingerprint density at radius 2 is 1.22 bits per heavy atom. The number of rotatable bonds is 11. The van der Waals surface area contributed by atoms with E-state index in [4.69, 9.17) is 23.4 Å². The van der Waals surface area contributed by atoms with Gasteiger partial charge in [0.2, 0.25) is 0 Å². The van der Waals surface area contributed by atoms with Crippen LogP contribution in [0.25, 0.3) is 83.4 Å². The summed E-state index contributed by atoms with van der Waals surface area (Å²) in [5.41, 5.74) is 8.89. The van der Waals surface area contributed by atoms with Gasteiger partial charge in [-0.2, -0.15) is 18.2 Å². The third kappa shape index (κ3) is 9.07. The van der Waals surface area contributed by atoms with Crippen molar-refractivity contribution in [3.05, 3.63) is 259 Å². The largest absolute Gasteiger partial charge is 0.510 e. The fourth-order valence-corrected chi connectivity index (χ4v) is 9.89. The minimum absolute atomic E-state index is 0. The molecule has 0 radical (unpaired) electrons. The quantitative estimate of drug-likeness (QED) is 0.0956. The number of benzene rings is 9. The van der Waals surface area contributed by atoms with Gasteiger partial charge in [-0.1, -0.05) is 216 Å². The molecule has 74 heavy (non-hydrogen) atoms. The van der Waals surface area contributed by atoms with E-state index < -0.39 is 60.4 Å². The van der Waals surface area contributed by atoms with E-state index in [2.05, 4.69) is 137 Å². The summed E-state index contributed by atoms with van der Waals surface area (Å²) in [7, 11) is 0. The SMILES string of the molecule is [2H]c1c([2H])c([2H])c(-c2cccc(-c3c([2H])c([2H])c([2H])c([2H])c3[2H])c2-[n+]2[c-]n(-c3[c-]c(Oc4[c-]c5c(cc4)c4cc(C(C)(C)C)ccc4n5-c4cc(CC(C)(C)c5ccccc5)c(-c5ccccc5)cn4)ccc3)c3ccccc32)c([2H])c1[2H].[Pt]. The molecule has 0 aliphatic carbocycles. The predicted octanol–water partition coefficient (Wildman–Crippen LogP) is 16.4. The molecular weight excluding hydrogens is 1080 g/mol. The number of nitrogens with zero attached hydrogens (tertiary/aromatic N) is 4. The van der Waals surface area contributed by atoms with Gasteiger partial charge in [0.15, 0.2) is 0 Å². The van der Waals surface area contributed by atoms with Crippen molar-refractivity contribution in [3.8, 4) is 62.1 Å². The Kier molecular flexibility index (Phi) is 10.0. The molecule has 0 atom stereocenters. The molecule has 0 amide bonds. The zero-order valence-corrected chi connectivity index (χ0v) is 43.6. The number of pyridine rings is 1. The van der Waals surface area contributed by atoms with Gasteiger partial charge in [0.25, 0.3) is 6.33 Å². The molecular formula is C68H54N4OPt-2. The van der Waals surface area contributed by atoms with Crippen LogP contribution in [0, 0.1) is 18.5 Å². The monoisotopic (exact) mass is 1150 g/mol. The molecule has 12 rings (SSSR count). The van der Waals surface area contributed by atoms with E-state index in [1.165, 1.54) is 11.1 Å². The summed E-state index contributed by atoms with van der Waals surface area (Å²) in [6.07, 6.45) is 6.16. The molecule has 0 spiro atoms. The summed E-state index contributed by atoms with van der Waals surface area (Å²) < 4.78 is 99.9. The van der Waals surface area contributed by atoms with Crippen molar-refractivity contribution in [3.63, 3.8) is 0 Å². The molecule has 9 aromatic carbocycles. The molecule has 3 heterocycles. The first-order chi connectivity index (χ1) is 39.7. The van der Waals surface area contributed by atoms with Gasteiger partial charge in [-0.15, -0.1) is 29.7 Å². The summed E-state index contributed by atoms with van der Waals surface area (Å²) in [4.78, 5) is 5.23. The molecule has 0 unspecified atom stereocenters. The van der Waals surface area contributed by atoms with E-state index in [0.29, 0.717) is 28.2 Å². The molecule has 0 bridgehead atoms. The van der Waals surface area contributed by atoms with Crippen molar-refractivity contribution < 1.29 is 44.1 Å². The number of hydrogen-bond donors (Lipinski definition) is 0. The first kappa shape index (κ1) is 37.6. The maximum absolute atomic E-state index is 9.08. The van der Waals surface area contributed by atoms with Gasteiger partial charge in [-0.05, 0) is 85.0 Å². The van der Waals surface area contributed by atoms with E-state index >= 15 is 0 Å². The van der Waals surface area contributed by atoms with Crippen molar-refractivity contribution in [2.24, 2.45) is 0 Å². The summed E-state index contributed by atoms with van der Waals surface area (Å²) in [5, 5.41) is 2.02. The first-order valence-corrected chi connectivity index (χ1v) is 24.3. The van der Waals surface area contributed by atoms with Gasteiger partial charge in [0.05, 0.1) is 30.4 Å². The molecule has 0 fully saturated rings. The molecule has 364 valence electrons. The van der Waals surface area contributed by atoms with Crippen LogP contribution in [-0.2, 0) is 38.3 Å². The average molecular weight is 1150 g/mol. The second-order valence-electron chi connectivity index (χ2n) is 19.9. The third-order valence-electron chi connectivity index (χ3n) is 13.6. The second-order valence-corrected chi connectivity index (χ2v) is 19.9. The van der Waals surface area contributed by atoms with Crippen LogP contribution in [0.5, 0.6) is 11.5 Å². The van der Waals surface area contributed by atoms with Crippen LogP contribution in [0.15, 0.2) is 224 Å². The average Bonchev–Trinajstić information content (AvgIpc) is 1.97. The van der Waals surface area contributed by atoms with E-state index in [9.17, 15) is 0 Å². The van der Waals surface area contributed by atoms with Crippen molar-refractivity contribution >= 4 is 32.8 Å². The number of aromatic nitrogens is 4. The summed E-state index contributed by atoms with van der Waals surface area (Å²) in [5.74, 6) is 1.51. The van der Waals surface area contributed by atoms with Crippen molar-refractivity contribution in [1.29, 1.82) is 0 Å². The predicted molar refractivity (Wildman–Crippen MR) is 298 cm³/mol. The number of ether oxygens (including phenoxy) is 1. The van der Waals surface area contributed by atoms with Gasteiger partial charge >= 0.3 is 0 Å². The maximum Gasteiger partial charge on any atom is 0.268 e. The zero-order chi connectivity index (χ0) is 58.4. The second kappa shape index (κ2) is 19.7. The van der Waals surface area contributed by atoms with Crippen LogP contribution < -0.4 is 9.30 Å². The van der Waals surface area contributed by atoms with Gasteiger partial charge in [-0.25, -0.2) is 4.98 Å². The number of hydrogen-bond acceptors (Lipinski definition) is 2. The standard InChI is InChI=1S/C68H54N4O.Pt/c1-67(2,3)52-36-39-61-59(41-52)58-38-37-55(43-64(58)72(61)65-40-50(44-68(4,5)51-28-16-9-17-29-51)60(45-69-65)49-26-14-8-15-27-49)73-54-31-20-30-53(42-54)70-46-71(63-35-19-18-34-62(63)70)66-56(47-22-10-6-11-23-47)32-21-33-57(66)48-24-12-7-13-25-48;/h6-41,45H,44H2,1-5H3;/q-2;/i6D,7D,10D,11D,12D,13D,22D,23D,24D,25D;. The fraction of sp³-hybridized carbons (Fsp3) is 0.118. The van der Waals surface area contributed by atoms with Crippen molar-refractivity contribution in [2.45, 2.75) is 51.9 Å². The third-order valence-corrected chi connectivity index (χ3v) is 13.6. The molecule has 0 aliphatic heterocycles. The molecule has 12 aromatic rings. The Bertz CT molecular complexity index is 4450. The molecule has 0 saturated heterocycles. The Morgan fingerprint density at radius 3 is 1.92 bits per heavy atom. The maximum atomic E-state index is 9.08. The van der Waals surface area contributed by atoms with E-state index in [1.54, 1.807) is 33.4 Å². The molecule has 0 aliphatic rings. The van der Waals surface area contributed by atoms with Gasteiger partial charge in [0.1, 0.15) is 5.82 Å². The number of fused-ring (bicyclic) bond motifs is 4. The summed E-state index contributed by atoms with van der Waals surface area (Å²) >= 11 is 0. The Labute approximate surface area is 462 Å². The molecule has 0 N–H and O–H groups in total. The van der Waals surface area contributed by atoms with E-state index in [1.807, 2.05) is 60.8 Å². The zero-order valence-electron chi connectivity index (χ0n) is 51.3. The first-order valence-electron chi connectivity index (χ1n) is 29.3. The van der Waals surface area contributed by atoms with Crippen molar-refractivity contribution in [2.75, 3.05) is 0 Å². The summed E-state index contributed by atoms with van der Waals surface area (Å²) in [6.45, 7) is 11.2. The Hall–Kier alpha value is -8.11. The minimum Gasteiger partial charge on any atom is -0.510 e. The van der Waals surface area contributed by atoms with Gasteiger partial charge < -0.3 is 13.9 Å². The Morgan fingerprint density at radius 1 is 0.568 bits per heavy atom. The van der Waals surface area contributed by atoms with Gasteiger partial charge in [0, 0.05) is 49.8 Å². The van der Waals surface area contributed by atoms with Crippen LogP contribution in [0.4, 0.5) is 0 Å². The van der Waals surface area contributed by atoms with Crippen molar-refractivity contribution in [1.82, 2.24) is 14.1 Å². The topological polar surface area (TPSA) is 35.9 Å². The van der Waals surface area contributed by atoms with Crippen LogP contribution in [0.3, 0.4) is 0 Å². The smallest absolute Gasteiger partial charge is 0.268 e. The minimum atomic E-state index is -0.575. The normalized spacial score (nSPS) is 13.7. The fourth-order valence-electron chi connectivity index (χ4n) is 9.89. The van der Waals surface area contributed by atoms with Crippen LogP contribution >= 0.6 is 0 Å². The Balaban J connectivity index is 0.00000736. The molecule has 6 heteroatoms. The van der Waals surface area contributed by atoms with Crippen LogP contribution in [0.2, 0.25) is 0 Å². The van der Waals surface area contributed by atoms with E-state index in [0.717, 1.165) is 50.7 Å².